The Morgan fingerprint density at radius 1 is 1.10 bits per heavy atom. The molecule has 0 spiro atoms. The number of nitrogens with two attached hydrogens (primary N) is 1. The Morgan fingerprint density at radius 3 is 2.50 bits per heavy atom. The van der Waals surface area contributed by atoms with Crippen LogP contribution in [0.15, 0.2) is 34.8 Å². The van der Waals surface area contributed by atoms with Gasteiger partial charge >= 0.3 is 0 Å². The maximum atomic E-state index is 13.9. The summed E-state index contributed by atoms with van der Waals surface area (Å²) >= 11 is 8.80. The standard InChI is InChI=1S/C14H10BrClF3N/c15-9-4-5-10(17)8(14(9)19)6-12(20)7-2-1-3-11(18)13(7)16/h1-5,12H,6,20H2. The van der Waals surface area contributed by atoms with E-state index in [0.29, 0.717) is 5.56 Å². The molecule has 0 amide bonds. The van der Waals surface area contributed by atoms with Gasteiger partial charge in [0, 0.05) is 11.6 Å². The van der Waals surface area contributed by atoms with Gasteiger partial charge in [-0.3, -0.25) is 0 Å². The first-order chi connectivity index (χ1) is 9.41. The van der Waals surface area contributed by atoms with E-state index in [0.717, 1.165) is 6.07 Å². The Hall–Kier alpha value is -1.04. The van der Waals surface area contributed by atoms with Gasteiger partial charge in [-0.2, -0.15) is 0 Å². The van der Waals surface area contributed by atoms with Crippen molar-refractivity contribution in [3.05, 3.63) is 68.4 Å². The number of hydrogen-bond acceptors (Lipinski definition) is 1. The largest absolute Gasteiger partial charge is 0.324 e. The third-order valence-electron chi connectivity index (χ3n) is 2.94. The summed E-state index contributed by atoms with van der Waals surface area (Å²) < 4.78 is 41.0. The fourth-order valence-electron chi connectivity index (χ4n) is 1.89. The fourth-order valence-corrected chi connectivity index (χ4v) is 2.53. The van der Waals surface area contributed by atoms with Crippen LogP contribution in [0.5, 0.6) is 0 Å². The molecule has 6 heteroatoms. The zero-order chi connectivity index (χ0) is 14.9. The van der Waals surface area contributed by atoms with Crippen molar-refractivity contribution >= 4 is 27.5 Å². The summed E-state index contributed by atoms with van der Waals surface area (Å²) in [5.41, 5.74) is 6.04. The Morgan fingerprint density at radius 2 is 1.80 bits per heavy atom. The fraction of sp³-hybridized carbons (Fsp3) is 0.143. The number of hydrogen-bond donors (Lipinski definition) is 1. The minimum Gasteiger partial charge on any atom is -0.324 e. The van der Waals surface area contributed by atoms with Crippen molar-refractivity contribution in [2.75, 3.05) is 0 Å². The highest BCUT2D eigenvalue weighted by Gasteiger charge is 2.19. The van der Waals surface area contributed by atoms with Gasteiger partial charge in [-0.15, -0.1) is 0 Å². The summed E-state index contributed by atoms with van der Waals surface area (Å²) in [7, 11) is 0. The normalized spacial score (nSPS) is 12.5. The highest BCUT2D eigenvalue weighted by Crippen LogP contribution is 2.29. The average Bonchev–Trinajstić information content (AvgIpc) is 2.42. The Kier molecular flexibility index (Phi) is 4.73. The van der Waals surface area contributed by atoms with Crippen LogP contribution in [-0.2, 0) is 6.42 Å². The van der Waals surface area contributed by atoms with Crippen LogP contribution in [0.3, 0.4) is 0 Å². The van der Waals surface area contributed by atoms with E-state index in [4.69, 9.17) is 17.3 Å². The van der Waals surface area contributed by atoms with E-state index < -0.39 is 23.5 Å². The topological polar surface area (TPSA) is 26.0 Å². The monoisotopic (exact) mass is 363 g/mol. The molecule has 106 valence electrons. The SMILES string of the molecule is NC(Cc1c(F)ccc(Br)c1F)c1cccc(F)c1Cl. The van der Waals surface area contributed by atoms with E-state index in [1.807, 2.05) is 0 Å². The van der Waals surface area contributed by atoms with E-state index >= 15 is 0 Å². The first kappa shape index (κ1) is 15.4. The van der Waals surface area contributed by atoms with Crippen molar-refractivity contribution in [2.24, 2.45) is 5.73 Å². The van der Waals surface area contributed by atoms with E-state index in [-0.39, 0.29) is 21.5 Å². The van der Waals surface area contributed by atoms with Crippen LogP contribution in [0.4, 0.5) is 13.2 Å². The lowest BCUT2D eigenvalue weighted by Gasteiger charge is -2.15. The van der Waals surface area contributed by atoms with E-state index in [1.54, 1.807) is 0 Å². The quantitative estimate of drug-likeness (QED) is 0.781. The van der Waals surface area contributed by atoms with E-state index in [1.165, 1.54) is 24.3 Å². The molecule has 2 aromatic rings. The van der Waals surface area contributed by atoms with Crippen molar-refractivity contribution in [1.82, 2.24) is 0 Å². The van der Waals surface area contributed by atoms with Crippen LogP contribution >= 0.6 is 27.5 Å². The summed E-state index contributed by atoms with van der Waals surface area (Å²) in [5, 5.41) is -0.129. The Labute approximate surface area is 127 Å². The van der Waals surface area contributed by atoms with Crippen LogP contribution in [0, 0.1) is 17.5 Å². The van der Waals surface area contributed by atoms with Gasteiger partial charge in [-0.1, -0.05) is 23.7 Å². The third-order valence-corrected chi connectivity index (χ3v) is 3.96. The van der Waals surface area contributed by atoms with Crippen molar-refractivity contribution < 1.29 is 13.2 Å². The molecule has 1 nitrogen and oxygen atoms in total. The molecule has 0 aromatic heterocycles. The summed E-state index contributed by atoms with van der Waals surface area (Å²) in [5.74, 6) is -2.03. The molecule has 0 saturated carbocycles. The Balaban J connectivity index is 2.35. The van der Waals surface area contributed by atoms with Gasteiger partial charge in [0.25, 0.3) is 0 Å². The molecule has 2 N–H and O–H groups in total. The van der Waals surface area contributed by atoms with Gasteiger partial charge in [-0.05, 0) is 46.1 Å². The third kappa shape index (κ3) is 3.00. The molecule has 20 heavy (non-hydrogen) atoms. The second kappa shape index (κ2) is 6.16. The smallest absolute Gasteiger partial charge is 0.143 e. The molecule has 0 aliphatic carbocycles. The van der Waals surface area contributed by atoms with Crippen molar-refractivity contribution in [2.45, 2.75) is 12.5 Å². The molecule has 0 radical (unpaired) electrons. The minimum absolute atomic E-state index is 0.125. The first-order valence-corrected chi connectivity index (χ1v) is 6.90. The highest BCUT2D eigenvalue weighted by molar-refractivity contribution is 9.10. The van der Waals surface area contributed by atoms with Crippen LogP contribution < -0.4 is 5.73 Å². The molecule has 1 atom stereocenters. The number of benzene rings is 2. The van der Waals surface area contributed by atoms with Gasteiger partial charge in [-0.25, -0.2) is 13.2 Å². The van der Waals surface area contributed by atoms with Crippen LogP contribution in [0.25, 0.3) is 0 Å². The lowest BCUT2D eigenvalue weighted by atomic mass is 9.99. The highest BCUT2D eigenvalue weighted by atomic mass is 79.9. The maximum absolute atomic E-state index is 13.9. The summed E-state index contributed by atoms with van der Waals surface area (Å²) in [4.78, 5) is 0. The molecular formula is C14H10BrClF3N. The zero-order valence-corrected chi connectivity index (χ0v) is 12.5. The molecule has 0 aliphatic rings. The van der Waals surface area contributed by atoms with Crippen LogP contribution in [0.1, 0.15) is 17.2 Å². The van der Waals surface area contributed by atoms with Gasteiger partial charge in [0.2, 0.25) is 0 Å². The molecular weight excluding hydrogens is 355 g/mol. The summed E-state index contributed by atoms with van der Waals surface area (Å²) in [6.45, 7) is 0. The van der Waals surface area contributed by atoms with Crippen molar-refractivity contribution in [1.29, 1.82) is 0 Å². The second-order valence-corrected chi connectivity index (χ2v) is 5.51. The van der Waals surface area contributed by atoms with Gasteiger partial charge in [0.05, 0.1) is 9.50 Å². The molecule has 1 unspecified atom stereocenters. The van der Waals surface area contributed by atoms with Gasteiger partial charge in [0.15, 0.2) is 0 Å². The average molecular weight is 365 g/mol. The molecule has 0 fully saturated rings. The van der Waals surface area contributed by atoms with Crippen molar-refractivity contribution in [3.8, 4) is 0 Å². The van der Waals surface area contributed by atoms with Gasteiger partial charge in [0.1, 0.15) is 17.5 Å². The number of rotatable bonds is 3. The predicted octanol–water partition coefficient (Wildman–Crippen LogP) is 4.76. The first-order valence-electron chi connectivity index (χ1n) is 5.73. The second-order valence-electron chi connectivity index (χ2n) is 4.28. The lowest BCUT2D eigenvalue weighted by Crippen LogP contribution is -2.16. The predicted molar refractivity (Wildman–Crippen MR) is 76.1 cm³/mol. The summed E-state index contributed by atoms with van der Waals surface area (Å²) in [6.07, 6.45) is -0.125. The molecule has 2 aromatic carbocycles. The zero-order valence-electron chi connectivity index (χ0n) is 10.1. The maximum Gasteiger partial charge on any atom is 0.143 e. The lowest BCUT2D eigenvalue weighted by molar-refractivity contribution is 0.535. The molecule has 0 saturated heterocycles. The van der Waals surface area contributed by atoms with E-state index in [9.17, 15) is 13.2 Å². The van der Waals surface area contributed by atoms with E-state index in [2.05, 4.69) is 15.9 Å². The Bertz CT molecular complexity index is 649. The minimum atomic E-state index is -0.809. The molecule has 0 aliphatic heterocycles. The molecule has 0 bridgehead atoms. The van der Waals surface area contributed by atoms with Crippen LogP contribution in [-0.4, -0.2) is 0 Å². The van der Waals surface area contributed by atoms with Crippen molar-refractivity contribution in [3.63, 3.8) is 0 Å². The van der Waals surface area contributed by atoms with Crippen LogP contribution in [0.2, 0.25) is 5.02 Å². The summed E-state index contributed by atoms with van der Waals surface area (Å²) in [6, 6.07) is 5.78. The molecule has 0 heterocycles. The van der Waals surface area contributed by atoms with Gasteiger partial charge < -0.3 is 5.73 Å². The number of halogens is 5. The molecule has 2 rings (SSSR count).